The molecule has 0 aliphatic carbocycles. The van der Waals surface area contributed by atoms with Crippen molar-refractivity contribution in [1.82, 2.24) is 4.90 Å². The minimum Gasteiger partial charge on any atom is -0.368 e. The molecule has 0 bridgehead atoms. The van der Waals surface area contributed by atoms with Crippen LogP contribution in [0.4, 0.5) is 0 Å². The van der Waals surface area contributed by atoms with Gasteiger partial charge in [0.2, 0.25) is 17.7 Å². The average molecular weight is 510 g/mol. The minimum absolute atomic E-state index is 0.240. The van der Waals surface area contributed by atoms with Gasteiger partial charge in [0.1, 0.15) is 6.04 Å². The summed E-state index contributed by atoms with van der Waals surface area (Å²) in [6.07, 6.45) is 23.4. The van der Waals surface area contributed by atoms with E-state index in [9.17, 15) is 14.4 Å². The number of nitrogens with two attached hydrogens (primary N) is 2. The van der Waals surface area contributed by atoms with Crippen LogP contribution in [0.5, 0.6) is 0 Å². The Morgan fingerprint density at radius 3 is 1.25 bits per heavy atom. The maximum absolute atomic E-state index is 13.1. The van der Waals surface area contributed by atoms with Crippen molar-refractivity contribution in [2.75, 3.05) is 6.54 Å². The van der Waals surface area contributed by atoms with Gasteiger partial charge in [0.15, 0.2) is 0 Å². The second kappa shape index (κ2) is 25.2. The molecule has 6 heteroatoms. The fourth-order valence-corrected chi connectivity index (χ4v) is 4.78. The van der Waals surface area contributed by atoms with E-state index in [1.165, 1.54) is 81.9 Å². The Balaban J connectivity index is 4.62. The van der Waals surface area contributed by atoms with Gasteiger partial charge >= 0.3 is 0 Å². The molecular weight excluding hydrogens is 450 g/mol. The lowest BCUT2D eigenvalue weighted by atomic mass is 10.0. The highest BCUT2D eigenvalue weighted by Gasteiger charge is 2.32. The smallest absolute Gasteiger partial charge is 0.240 e. The molecule has 0 saturated heterocycles. The molecule has 0 saturated carbocycles. The lowest BCUT2D eigenvalue weighted by Gasteiger charge is -2.28. The number of rotatable bonds is 26. The highest BCUT2D eigenvalue weighted by atomic mass is 16.2. The summed E-state index contributed by atoms with van der Waals surface area (Å²) in [6, 6.07) is -0.853. The largest absolute Gasteiger partial charge is 0.368 e. The number of hydrogen-bond acceptors (Lipinski definition) is 4. The number of imide groups is 1. The van der Waals surface area contributed by atoms with Crippen LogP contribution in [0, 0.1) is 0 Å². The molecule has 0 aromatic rings. The number of amides is 3. The van der Waals surface area contributed by atoms with Crippen LogP contribution in [-0.4, -0.2) is 35.2 Å². The summed E-state index contributed by atoms with van der Waals surface area (Å²) in [5.74, 6) is -1.07. The number of carbonyl (C=O) groups excluding carboxylic acids is 3. The Labute approximate surface area is 222 Å². The van der Waals surface area contributed by atoms with Crippen LogP contribution in [0.25, 0.3) is 0 Å². The van der Waals surface area contributed by atoms with Crippen LogP contribution in [0.2, 0.25) is 0 Å². The molecule has 0 aliphatic heterocycles. The first-order chi connectivity index (χ1) is 17.5. The maximum Gasteiger partial charge on any atom is 0.240 e. The number of nitrogens with zero attached hydrogens (tertiary/aromatic N) is 1. The van der Waals surface area contributed by atoms with Gasteiger partial charge < -0.3 is 11.5 Å². The molecule has 0 radical (unpaired) electrons. The quantitative estimate of drug-likeness (QED) is 0.121. The minimum atomic E-state index is -0.853. The average Bonchev–Trinajstić information content (AvgIpc) is 2.86. The van der Waals surface area contributed by atoms with Crippen LogP contribution >= 0.6 is 0 Å². The van der Waals surface area contributed by atoms with Crippen LogP contribution in [0.3, 0.4) is 0 Å². The van der Waals surface area contributed by atoms with E-state index in [2.05, 4.69) is 13.8 Å². The van der Waals surface area contributed by atoms with Crippen molar-refractivity contribution >= 4 is 17.7 Å². The van der Waals surface area contributed by atoms with E-state index < -0.39 is 11.9 Å². The number of primary amides is 1. The van der Waals surface area contributed by atoms with Gasteiger partial charge in [-0.25, -0.2) is 0 Å². The molecule has 0 aliphatic rings. The normalized spacial score (nSPS) is 12.0. The summed E-state index contributed by atoms with van der Waals surface area (Å²) in [4.78, 5) is 39.7. The summed E-state index contributed by atoms with van der Waals surface area (Å²) < 4.78 is 0. The van der Waals surface area contributed by atoms with Gasteiger partial charge in [-0.3, -0.25) is 19.3 Å². The number of hydrogen-bond donors (Lipinski definition) is 2. The van der Waals surface area contributed by atoms with Crippen molar-refractivity contribution in [2.24, 2.45) is 11.5 Å². The van der Waals surface area contributed by atoms with Gasteiger partial charge in [-0.1, -0.05) is 117 Å². The van der Waals surface area contributed by atoms with Gasteiger partial charge in [-0.05, 0) is 38.6 Å². The second-order valence-electron chi connectivity index (χ2n) is 10.5. The van der Waals surface area contributed by atoms with Gasteiger partial charge in [-0.2, -0.15) is 0 Å². The molecule has 4 N–H and O–H groups in total. The molecule has 0 aromatic heterocycles. The Bertz CT molecular complexity index is 520. The number of carbonyl (C=O) groups is 3. The van der Waals surface area contributed by atoms with Crippen molar-refractivity contribution < 1.29 is 14.4 Å². The molecule has 0 rings (SSSR count). The lowest BCUT2D eigenvalue weighted by Crippen LogP contribution is -2.51. The van der Waals surface area contributed by atoms with Gasteiger partial charge in [-0.15, -0.1) is 0 Å². The molecule has 0 heterocycles. The summed E-state index contributed by atoms with van der Waals surface area (Å²) in [5, 5.41) is 0. The Hall–Kier alpha value is -1.43. The summed E-state index contributed by atoms with van der Waals surface area (Å²) in [6.45, 7) is 4.97. The molecule has 1 atom stereocenters. The first-order valence-corrected chi connectivity index (χ1v) is 15.3. The van der Waals surface area contributed by atoms with Crippen molar-refractivity contribution in [3.8, 4) is 0 Å². The molecule has 0 fully saturated rings. The Morgan fingerprint density at radius 1 is 0.556 bits per heavy atom. The lowest BCUT2D eigenvalue weighted by molar-refractivity contribution is -0.152. The van der Waals surface area contributed by atoms with Crippen LogP contribution in [0.15, 0.2) is 0 Å². The first kappa shape index (κ1) is 34.6. The van der Waals surface area contributed by atoms with Crippen molar-refractivity contribution in [1.29, 1.82) is 0 Å². The monoisotopic (exact) mass is 509 g/mol. The Morgan fingerprint density at radius 2 is 0.917 bits per heavy atom. The molecule has 0 spiro atoms. The molecule has 0 unspecified atom stereocenters. The summed E-state index contributed by atoms with van der Waals surface area (Å²) in [5.41, 5.74) is 11.3. The van der Waals surface area contributed by atoms with Gasteiger partial charge in [0.05, 0.1) is 0 Å². The zero-order valence-corrected chi connectivity index (χ0v) is 23.9. The van der Waals surface area contributed by atoms with E-state index in [1.54, 1.807) is 0 Å². The highest BCUT2D eigenvalue weighted by Crippen LogP contribution is 2.18. The number of unbranched alkanes of at least 4 members (excludes halogenated alkanes) is 17. The van der Waals surface area contributed by atoms with Gasteiger partial charge in [0, 0.05) is 12.8 Å². The predicted molar refractivity (Wildman–Crippen MR) is 151 cm³/mol. The second-order valence-corrected chi connectivity index (χ2v) is 10.5. The Kier molecular flexibility index (Phi) is 24.2. The van der Waals surface area contributed by atoms with Crippen molar-refractivity contribution in [3.63, 3.8) is 0 Å². The van der Waals surface area contributed by atoms with Crippen molar-refractivity contribution in [2.45, 2.75) is 168 Å². The fourth-order valence-electron chi connectivity index (χ4n) is 4.78. The zero-order chi connectivity index (χ0) is 26.9. The van der Waals surface area contributed by atoms with Crippen LogP contribution < -0.4 is 11.5 Å². The van der Waals surface area contributed by atoms with E-state index in [4.69, 9.17) is 11.5 Å². The van der Waals surface area contributed by atoms with E-state index in [-0.39, 0.29) is 11.8 Å². The molecule has 212 valence electrons. The maximum atomic E-state index is 13.1. The van der Waals surface area contributed by atoms with E-state index in [0.29, 0.717) is 32.2 Å². The topological polar surface area (TPSA) is 106 Å². The molecule has 0 aromatic carbocycles. The molecule has 36 heavy (non-hydrogen) atoms. The highest BCUT2D eigenvalue weighted by molar-refractivity contribution is 6.00. The van der Waals surface area contributed by atoms with Gasteiger partial charge in [0.25, 0.3) is 0 Å². The third-order valence-corrected chi connectivity index (χ3v) is 7.10. The van der Waals surface area contributed by atoms with Crippen molar-refractivity contribution in [3.05, 3.63) is 0 Å². The van der Waals surface area contributed by atoms with E-state index >= 15 is 0 Å². The SMILES string of the molecule is CCCCCCCCCCCC(=O)N(C(=O)CCCCCCCCCCC)[C@@H](CCCCN)C(N)=O. The van der Waals surface area contributed by atoms with Crippen LogP contribution in [-0.2, 0) is 14.4 Å². The predicted octanol–water partition coefficient (Wildman–Crippen LogP) is 7.17. The van der Waals surface area contributed by atoms with E-state index in [1.807, 2.05) is 0 Å². The summed E-state index contributed by atoms with van der Waals surface area (Å²) >= 11 is 0. The first-order valence-electron chi connectivity index (χ1n) is 15.3. The molecule has 6 nitrogen and oxygen atoms in total. The third kappa shape index (κ3) is 18.8. The summed E-state index contributed by atoms with van der Waals surface area (Å²) in [7, 11) is 0. The standard InChI is InChI=1S/C30H59N3O3/c1-3-5-7-9-11-13-15-17-19-24-28(34)33(27(30(32)36)23-21-22-26-31)29(35)25-20-18-16-14-12-10-8-6-4-2/h27H,3-26,31H2,1-2H3,(H2,32,36)/t27-/m0/s1. The fraction of sp³-hybridized carbons (Fsp3) is 0.900. The molecular formula is C30H59N3O3. The van der Waals surface area contributed by atoms with E-state index in [0.717, 1.165) is 44.9 Å². The molecule has 3 amide bonds. The third-order valence-electron chi connectivity index (χ3n) is 7.10. The van der Waals surface area contributed by atoms with Crippen LogP contribution in [0.1, 0.15) is 162 Å². The zero-order valence-electron chi connectivity index (χ0n) is 23.9.